The highest BCUT2D eigenvalue weighted by Gasteiger charge is 2.28. The van der Waals surface area contributed by atoms with E-state index in [0.29, 0.717) is 24.9 Å². The molecule has 1 rings (SSSR count). The number of hydrogen-bond acceptors (Lipinski definition) is 5. The standard InChI is InChI=1S/C28H53NO4Si2/c1-9-11-14-17-25(32-34(3,4)5)22-20-24-21-23-27(29-31-10-2)26(24)18-15-12-13-16-19-28(30)33-35(6,7)8/h20-26H,9-19H2,1-8H3/b22-20+,29-27-/t24-,25?,26+/m0/s1. The Bertz CT molecular complexity index is 692. The van der Waals surface area contributed by atoms with Crippen LogP contribution in [0, 0.1) is 11.8 Å². The van der Waals surface area contributed by atoms with E-state index in [4.69, 9.17) is 13.7 Å². The fourth-order valence-electron chi connectivity index (χ4n) is 4.32. The zero-order chi connectivity index (χ0) is 26.3. The molecule has 0 spiro atoms. The zero-order valence-corrected chi connectivity index (χ0v) is 25.9. The summed E-state index contributed by atoms with van der Waals surface area (Å²) in [4.78, 5) is 17.4. The number of allylic oxidation sites excluding steroid dienone is 3. The first-order valence-electron chi connectivity index (χ1n) is 13.9. The summed E-state index contributed by atoms with van der Waals surface area (Å²) in [6, 6.07) is 0. The van der Waals surface area contributed by atoms with Crippen LogP contribution in [0.1, 0.15) is 78.1 Å². The molecule has 1 aliphatic carbocycles. The van der Waals surface area contributed by atoms with Crippen molar-refractivity contribution in [3.8, 4) is 0 Å². The van der Waals surface area contributed by atoms with Crippen molar-refractivity contribution in [3.05, 3.63) is 24.3 Å². The number of hydrogen-bond donors (Lipinski definition) is 0. The van der Waals surface area contributed by atoms with E-state index in [1.54, 1.807) is 0 Å². The predicted octanol–water partition coefficient (Wildman–Crippen LogP) is 8.26. The molecule has 0 bridgehead atoms. The number of carbonyl (C=O) groups is 1. The highest BCUT2D eigenvalue weighted by molar-refractivity contribution is 6.71. The molecule has 0 aromatic carbocycles. The van der Waals surface area contributed by atoms with Gasteiger partial charge in [-0.05, 0) is 71.5 Å². The number of carbonyl (C=O) groups excluding carboxylic acids is 1. The van der Waals surface area contributed by atoms with Gasteiger partial charge < -0.3 is 13.7 Å². The van der Waals surface area contributed by atoms with E-state index in [9.17, 15) is 4.79 Å². The Morgan fingerprint density at radius 1 is 1.00 bits per heavy atom. The van der Waals surface area contributed by atoms with Crippen molar-refractivity contribution in [2.45, 2.75) is 123 Å². The lowest BCUT2D eigenvalue weighted by molar-refractivity contribution is -0.135. The minimum Gasteiger partial charge on any atom is -0.520 e. The lowest BCUT2D eigenvalue weighted by atomic mass is 9.88. The summed E-state index contributed by atoms with van der Waals surface area (Å²) in [6.45, 7) is 17.8. The second-order valence-corrected chi connectivity index (χ2v) is 20.6. The van der Waals surface area contributed by atoms with Crippen LogP contribution in [0.15, 0.2) is 29.5 Å². The number of oxime groups is 1. The molecule has 3 atom stereocenters. The highest BCUT2D eigenvalue weighted by Crippen LogP contribution is 2.30. The van der Waals surface area contributed by atoms with Gasteiger partial charge >= 0.3 is 0 Å². The molecular weight excluding hydrogens is 470 g/mol. The van der Waals surface area contributed by atoms with Crippen molar-refractivity contribution >= 4 is 28.3 Å². The van der Waals surface area contributed by atoms with E-state index >= 15 is 0 Å². The largest absolute Gasteiger partial charge is 0.520 e. The molecule has 0 saturated heterocycles. The van der Waals surface area contributed by atoms with Crippen molar-refractivity contribution in [1.29, 1.82) is 0 Å². The Balaban J connectivity index is 2.65. The quantitative estimate of drug-likeness (QED) is 0.0785. The lowest BCUT2D eigenvalue weighted by Gasteiger charge is -2.25. The molecule has 0 fully saturated rings. The summed E-state index contributed by atoms with van der Waals surface area (Å²) in [5.41, 5.74) is 1.05. The molecule has 5 nitrogen and oxygen atoms in total. The maximum Gasteiger partial charge on any atom is 0.292 e. The average molecular weight is 524 g/mol. The van der Waals surface area contributed by atoms with Gasteiger partial charge in [-0.2, -0.15) is 0 Å². The maximum atomic E-state index is 11.9. The normalized spacial score (nSPS) is 20.6. The maximum absolute atomic E-state index is 11.9. The Hall–Kier alpha value is -1.19. The number of rotatable bonds is 18. The van der Waals surface area contributed by atoms with Crippen LogP contribution < -0.4 is 0 Å². The molecule has 0 heterocycles. The zero-order valence-electron chi connectivity index (χ0n) is 23.9. The first kappa shape index (κ1) is 31.8. The van der Waals surface area contributed by atoms with Crippen LogP contribution in [0.3, 0.4) is 0 Å². The summed E-state index contributed by atoms with van der Waals surface area (Å²) in [6.07, 6.45) is 19.9. The van der Waals surface area contributed by atoms with E-state index in [0.717, 1.165) is 44.2 Å². The Labute approximate surface area is 218 Å². The van der Waals surface area contributed by atoms with Gasteiger partial charge in [0, 0.05) is 18.3 Å². The molecule has 0 N–H and O–H groups in total. The predicted molar refractivity (Wildman–Crippen MR) is 154 cm³/mol. The highest BCUT2D eigenvalue weighted by atomic mass is 28.4. The molecule has 1 aliphatic rings. The van der Waals surface area contributed by atoms with Crippen LogP contribution in [0.25, 0.3) is 0 Å². The molecule has 0 amide bonds. The first-order valence-corrected chi connectivity index (χ1v) is 20.7. The lowest BCUT2D eigenvalue weighted by Crippen LogP contribution is -2.31. The molecule has 0 aromatic rings. The summed E-state index contributed by atoms with van der Waals surface area (Å²) < 4.78 is 12.0. The van der Waals surface area contributed by atoms with Gasteiger partial charge in [0.05, 0.1) is 11.8 Å². The summed E-state index contributed by atoms with van der Waals surface area (Å²) in [5.74, 6) is 0.646. The van der Waals surface area contributed by atoms with E-state index in [2.05, 4.69) is 75.7 Å². The number of nitrogens with zero attached hydrogens (tertiary/aromatic N) is 1. The van der Waals surface area contributed by atoms with Gasteiger partial charge in [0.1, 0.15) is 6.61 Å². The fraction of sp³-hybridized carbons (Fsp3) is 0.786. The molecule has 1 unspecified atom stereocenters. The third kappa shape index (κ3) is 15.5. The van der Waals surface area contributed by atoms with Crippen molar-refractivity contribution in [3.63, 3.8) is 0 Å². The Morgan fingerprint density at radius 3 is 2.34 bits per heavy atom. The van der Waals surface area contributed by atoms with Gasteiger partial charge in [0.15, 0.2) is 8.32 Å². The first-order chi connectivity index (χ1) is 16.4. The third-order valence-electron chi connectivity index (χ3n) is 5.84. The van der Waals surface area contributed by atoms with Crippen LogP contribution in [-0.2, 0) is 18.5 Å². The minimum atomic E-state index is -1.77. The topological polar surface area (TPSA) is 57.1 Å². The molecule has 0 saturated carbocycles. The molecule has 0 aliphatic heterocycles. The van der Waals surface area contributed by atoms with Gasteiger partial charge in [-0.1, -0.05) is 68.8 Å². The molecule has 35 heavy (non-hydrogen) atoms. The van der Waals surface area contributed by atoms with Crippen LogP contribution in [0.5, 0.6) is 0 Å². The van der Waals surface area contributed by atoms with E-state index in [1.165, 1.54) is 19.3 Å². The van der Waals surface area contributed by atoms with Crippen LogP contribution in [0.4, 0.5) is 0 Å². The van der Waals surface area contributed by atoms with Gasteiger partial charge in [0.2, 0.25) is 8.32 Å². The van der Waals surface area contributed by atoms with Crippen molar-refractivity contribution < 1.29 is 18.5 Å². The number of unbranched alkanes of at least 4 members (excludes halogenated alkanes) is 5. The summed E-state index contributed by atoms with van der Waals surface area (Å²) in [5, 5.41) is 4.41. The summed E-state index contributed by atoms with van der Waals surface area (Å²) in [7, 11) is -3.38. The van der Waals surface area contributed by atoms with Gasteiger partial charge in [0.25, 0.3) is 5.97 Å². The molecule has 202 valence electrons. The monoisotopic (exact) mass is 523 g/mol. The smallest absolute Gasteiger partial charge is 0.292 e. The SMILES string of the molecule is CCCCCC(/C=C/[C@H]1C=C/C(=N/OCC)[C@@H]1CCCCCCC(=O)O[Si](C)(C)C)O[Si](C)(C)C. The van der Waals surface area contributed by atoms with Crippen molar-refractivity contribution in [1.82, 2.24) is 0 Å². The Morgan fingerprint density at radius 2 is 1.71 bits per heavy atom. The molecule has 0 aromatic heterocycles. The summed E-state index contributed by atoms with van der Waals surface area (Å²) >= 11 is 0. The van der Waals surface area contributed by atoms with Crippen molar-refractivity contribution in [2.24, 2.45) is 17.0 Å². The third-order valence-corrected chi connectivity index (χ3v) is 7.69. The second kappa shape index (κ2) is 16.5. The minimum absolute atomic E-state index is 0.0328. The fourth-order valence-corrected chi connectivity index (χ4v) is 6.21. The van der Waals surface area contributed by atoms with E-state index in [-0.39, 0.29) is 12.1 Å². The van der Waals surface area contributed by atoms with Crippen LogP contribution >= 0.6 is 0 Å². The van der Waals surface area contributed by atoms with Gasteiger partial charge in [-0.15, -0.1) is 0 Å². The van der Waals surface area contributed by atoms with Crippen LogP contribution in [0.2, 0.25) is 39.3 Å². The Kier molecular flexibility index (Phi) is 15.0. The molecule has 0 radical (unpaired) electrons. The van der Waals surface area contributed by atoms with Gasteiger partial charge in [-0.25, -0.2) is 0 Å². The van der Waals surface area contributed by atoms with Crippen LogP contribution in [-0.4, -0.2) is 41.0 Å². The van der Waals surface area contributed by atoms with E-state index in [1.807, 2.05) is 6.92 Å². The molecule has 7 heteroatoms. The second-order valence-electron chi connectivity index (χ2n) is 11.7. The van der Waals surface area contributed by atoms with Crippen molar-refractivity contribution in [2.75, 3.05) is 6.61 Å². The molecular formula is C28H53NO4Si2. The average Bonchev–Trinajstić information content (AvgIpc) is 3.12. The van der Waals surface area contributed by atoms with Gasteiger partial charge in [-0.3, -0.25) is 4.79 Å². The van der Waals surface area contributed by atoms with E-state index < -0.39 is 16.6 Å².